The largest absolute Gasteiger partial charge is 0.491 e. The molecule has 0 fully saturated rings. The average Bonchev–Trinajstić information content (AvgIpc) is 2.44. The molecule has 2 N–H and O–H groups in total. The standard InChI is InChI=1S/C14H14BFO4/c16-14-8-12(6-7-13(14)15(17)18)20-10-19-9-11-4-2-1-3-5-11/h1-8,17-18H,9-10H2. The normalized spacial score (nSPS) is 10.3. The molecule has 2 aromatic carbocycles. The molecule has 0 heterocycles. The lowest BCUT2D eigenvalue weighted by atomic mass is 9.80. The van der Waals surface area contributed by atoms with E-state index < -0.39 is 12.9 Å². The third kappa shape index (κ3) is 4.06. The minimum Gasteiger partial charge on any atom is -0.467 e. The van der Waals surface area contributed by atoms with Gasteiger partial charge in [0.15, 0.2) is 6.79 Å². The lowest BCUT2D eigenvalue weighted by molar-refractivity contribution is 0.00492. The van der Waals surface area contributed by atoms with Crippen molar-refractivity contribution in [3.8, 4) is 5.75 Å². The Morgan fingerprint density at radius 3 is 2.45 bits per heavy atom. The molecule has 4 nitrogen and oxygen atoms in total. The SMILES string of the molecule is OB(O)c1ccc(OCOCc2ccccc2)cc1F. The molecule has 0 radical (unpaired) electrons. The van der Waals surface area contributed by atoms with Crippen molar-refractivity contribution in [2.45, 2.75) is 6.61 Å². The minimum atomic E-state index is -1.83. The average molecular weight is 276 g/mol. The van der Waals surface area contributed by atoms with Crippen molar-refractivity contribution in [2.24, 2.45) is 0 Å². The molecule has 0 aliphatic heterocycles. The zero-order valence-electron chi connectivity index (χ0n) is 10.7. The van der Waals surface area contributed by atoms with Crippen LogP contribution in [0, 0.1) is 5.82 Å². The van der Waals surface area contributed by atoms with E-state index in [0.29, 0.717) is 6.61 Å². The molecule has 6 heteroatoms. The van der Waals surface area contributed by atoms with Gasteiger partial charge in [0, 0.05) is 11.5 Å². The van der Waals surface area contributed by atoms with Gasteiger partial charge in [-0.2, -0.15) is 0 Å². The second kappa shape index (κ2) is 7.05. The number of rotatable bonds is 6. The van der Waals surface area contributed by atoms with Gasteiger partial charge >= 0.3 is 7.12 Å². The first-order chi connectivity index (χ1) is 9.66. The molecule has 0 bridgehead atoms. The molecule has 20 heavy (non-hydrogen) atoms. The lowest BCUT2D eigenvalue weighted by Crippen LogP contribution is -2.32. The molecule has 0 saturated carbocycles. The molecule has 0 amide bonds. The molecule has 0 aliphatic carbocycles. The predicted octanol–water partition coefficient (Wildman–Crippen LogP) is 1.06. The topological polar surface area (TPSA) is 58.9 Å². The maximum atomic E-state index is 13.4. The Balaban J connectivity index is 1.81. The van der Waals surface area contributed by atoms with E-state index in [4.69, 9.17) is 19.5 Å². The Kier molecular flexibility index (Phi) is 5.12. The van der Waals surface area contributed by atoms with Gasteiger partial charge in [-0.25, -0.2) is 4.39 Å². The predicted molar refractivity (Wildman–Crippen MR) is 73.0 cm³/mol. The minimum absolute atomic E-state index is 0.0185. The second-order valence-electron chi connectivity index (χ2n) is 4.15. The highest BCUT2D eigenvalue weighted by Crippen LogP contribution is 2.11. The summed E-state index contributed by atoms with van der Waals surface area (Å²) in [6, 6.07) is 13.4. The Morgan fingerprint density at radius 1 is 1.05 bits per heavy atom. The number of hydrogen-bond acceptors (Lipinski definition) is 4. The first-order valence-corrected chi connectivity index (χ1v) is 6.07. The van der Waals surface area contributed by atoms with Gasteiger partial charge in [-0.1, -0.05) is 36.4 Å². The molecule has 0 atom stereocenters. The summed E-state index contributed by atoms with van der Waals surface area (Å²) >= 11 is 0. The molecule has 0 aliphatic rings. The van der Waals surface area contributed by atoms with E-state index in [9.17, 15) is 4.39 Å². The zero-order valence-corrected chi connectivity index (χ0v) is 10.7. The smallest absolute Gasteiger partial charge is 0.467 e. The molecule has 0 aromatic heterocycles. The first-order valence-electron chi connectivity index (χ1n) is 6.07. The summed E-state index contributed by atoms with van der Waals surface area (Å²) in [6.45, 7) is 0.381. The molecule has 0 saturated heterocycles. The Hall–Kier alpha value is -1.89. The monoisotopic (exact) mass is 276 g/mol. The van der Waals surface area contributed by atoms with E-state index in [1.807, 2.05) is 30.3 Å². The molecule has 2 aromatic rings. The van der Waals surface area contributed by atoms with Crippen LogP contribution in [0.25, 0.3) is 0 Å². The third-order valence-corrected chi connectivity index (χ3v) is 2.67. The van der Waals surface area contributed by atoms with E-state index >= 15 is 0 Å². The summed E-state index contributed by atoms with van der Waals surface area (Å²) in [5.74, 6) is -0.472. The Bertz CT molecular complexity index is 548. The van der Waals surface area contributed by atoms with Crippen molar-refractivity contribution in [1.29, 1.82) is 0 Å². The quantitative estimate of drug-likeness (QED) is 0.470. The fourth-order valence-electron chi connectivity index (χ4n) is 1.65. The molecule has 0 spiro atoms. The zero-order chi connectivity index (χ0) is 14.4. The van der Waals surface area contributed by atoms with Crippen molar-refractivity contribution >= 4 is 12.6 Å². The van der Waals surface area contributed by atoms with Gasteiger partial charge < -0.3 is 19.5 Å². The molecule has 2 rings (SSSR count). The van der Waals surface area contributed by atoms with E-state index in [0.717, 1.165) is 11.6 Å². The second-order valence-corrected chi connectivity index (χ2v) is 4.15. The van der Waals surface area contributed by atoms with E-state index in [1.165, 1.54) is 12.1 Å². The first kappa shape index (κ1) is 14.5. The van der Waals surface area contributed by atoms with Gasteiger partial charge in [0.25, 0.3) is 0 Å². The van der Waals surface area contributed by atoms with Crippen LogP contribution < -0.4 is 10.2 Å². The van der Waals surface area contributed by atoms with Crippen LogP contribution in [0.1, 0.15) is 5.56 Å². The van der Waals surface area contributed by atoms with Gasteiger partial charge in [0.2, 0.25) is 0 Å². The Morgan fingerprint density at radius 2 is 1.80 bits per heavy atom. The summed E-state index contributed by atoms with van der Waals surface area (Å²) in [4.78, 5) is 0. The molecular formula is C14H14BFO4. The summed E-state index contributed by atoms with van der Waals surface area (Å²) in [6.07, 6.45) is 0. The number of halogens is 1. The maximum Gasteiger partial charge on any atom is 0.491 e. The van der Waals surface area contributed by atoms with Crippen LogP contribution in [0.15, 0.2) is 48.5 Å². The Labute approximate surface area is 116 Å². The van der Waals surface area contributed by atoms with Crippen molar-refractivity contribution in [1.82, 2.24) is 0 Å². The van der Waals surface area contributed by atoms with Crippen LogP contribution in [0.5, 0.6) is 5.75 Å². The maximum absolute atomic E-state index is 13.4. The van der Waals surface area contributed by atoms with Crippen LogP contribution in [-0.2, 0) is 11.3 Å². The summed E-state index contributed by atoms with van der Waals surface area (Å²) in [5.41, 5.74) is 0.823. The van der Waals surface area contributed by atoms with Gasteiger partial charge in [0.05, 0.1) is 6.61 Å². The molecule has 0 unspecified atom stereocenters. The van der Waals surface area contributed by atoms with Crippen molar-refractivity contribution in [3.63, 3.8) is 0 Å². The van der Waals surface area contributed by atoms with Crippen LogP contribution in [0.4, 0.5) is 4.39 Å². The number of ether oxygens (including phenoxy) is 2. The van der Waals surface area contributed by atoms with Crippen LogP contribution in [0.3, 0.4) is 0 Å². The fourth-order valence-corrected chi connectivity index (χ4v) is 1.65. The van der Waals surface area contributed by atoms with Gasteiger partial charge in [-0.3, -0.25) is 0 Å². The van der Waals surface area contributed by atoms with Gasteiger partial charge in [-0.05, 0) is 11.6 Å². The summed E-state index contributed by atoms with van der Waals surface area (Å²) < 4.78 is 23.9. The lowest BCUT2D eigenvalue weighted by Gasteiger charge is -2.09. The van der Waals surface area contributed by atoms with E-state index in [2.05, 4.69) is 0 Å². The molecule has 104 valence electrons. The van der Waals surface area contributed by atoms with Crippen LogP contribution >= 0.6 is 0 Å². The van der Waals surface area contributed by atoms with Gasteiger partial charge in [0.1, 0.15) is 11.6 Å². The van der Waals surface area contributed by atoms with E-state index in [1.54, 1.807) is 0 Å². The summed E-state index contributed by atoms with van der Waals surface area (Å²) in [7, 11) is -1.83. The van der Waals surface area contributed by atoms with Crippen molar-refractivity contribution < 1.29 is 23.9 Å². The van der Waals surface area contributed by atoms with E-state index in [-0.39, 0.29) is 18.0 Å². The third-order valence-electron chi connectivity index (χ3n) is 2.67. The van der Waals surface area contributed by atoms with Crippen molar-refractivity contribution in [3.05, 3.63) is 59.9 Å². The highest BCUT2D eigenvalue weighted by molar-refractivity contribution is 6.58. The molecular weight excluding hydrogens is 262 g/mol. The highest BCUT2D eigenvalue weighted by atomic mass is 19.1. The summed E-state index contributed by atoms with van der Waals surface area (Å²) in [5, 5.41) is 17.8. The highest BCUT2D eigenvalue weighted by Gasteiger charge is 2.16. The van der Waals surface area contributed by atoms with Gasteiger partial charge in [-0.15, -0.1) is 0 Å². The van der Waals surface area contributed by atoms with Crippen molar-refractivity contribution in [2.75, 3.05) is 6.79 Å². The van der Waals surface area contributed by atoms with Crippen LogP contribution in [-0.4, -0.2) is 24.0 Å². The van der Waals surface area contributed by atoms with Crippen LogP contribution in [0.2, 0.25) is 0 Å². The number of benzene rings is 2. The number of hydrogen-bond donors (Lipinski definition) is 2. The fraction of sp³-hybridized carbons (Fsp3) is 0.143.